The fourth-order valence-electron chi connectivity index (χ4n) is 1.56. The second-order valence-electron chi connectivity index (χ2n) is 4.28. The van der Waals surface area contributed by atoms with E-state index in [-0.39, 0.29) is 17.7 Å². The molecule has 0 aliphatic rings. The summed E-state index contributed by atoms with van der Waals surface area (Å²) in [6.07, 6.45) is 1.30. The predicted molar refractivity (Wildman–Crippen MR) is 70.0 cm³/mol. The van der Waals surface area contributed by atoms with Crippen molar-refractivity contribution in [2.75, 3.05) is 13.1 Å². The molecule has 6 heteroatoms. The summed E-state index contributed by atoms with van der Waals surface area (Å²) in [5, 5.41) is 14.6. The first-order valence-electron chi connectivity index (χ1n) is 6.37. The Bertz CT molecular complexity index is 428. The standard InChI is InChI=1S/C13H20N2O4/c1-3-7-15-12(16)6-8-14-9(2)10-4-5-11(19-10)13(17)18/h4-5,9,14H,3,6-8H2,1-2H3,(H,15,16)(H,17,18). The fourth-order valence-corrected chi connectivity index (χ4v) is 1.56. The van der Waals surface area contributed by atoms with Gasteiger partial charge in [-0.15, -0.1) is 0 Å². The van der Waals surface area contributed by atoms with Crippen molar-refractivity contribution < 1.29 is 19.1 Å². The van der Waals surface area contributed by atoms with Crippen LogP contribution in [0.5, 0.6) is 0 Å². The maximum Gasteiger partial charge on any atom is 0.371 e. The minimum Gasteiger partial charge on any atom is -0.475 e. The van der Waals surface area contributed by atoms with E-state index in [0.29, 0.717) is 25.3 Å². The summed E-state index contributed by atoms with van der Waals surface area (Å²) in [6, 6.07) is 2.91. The summed E-state index contributed by atoms with van der Waals surface area (Å²) in [5.74, 6) is -0.611. The SMILES string of the molecule is CCCNC(=O)CCNC(C)c1ccc(C(=O)O)o1. The molecule has 3 N–H and O–H groups in total. The lowest BCUT2D eigenvalue weighted by atomic mass is 10.2. The van der Waals surface area contributed by atoms with Crippen molar-refractivity contribution in [1.82, 2.24) is 10.6 Å². The second-order valence-corrected chi connectivity index (χ2v) is 4.28. The maximum atomic E-state index is 11.4. The highest BCUT2D eigenvalue weighted by Crippen LogP contribution is 2.16. The van der Waals surface area contributed by atoms with E-state index < -0.39 is 5.97 Å². The van der Waals surface area contributed by atoms with Crippen LogP contribution >= 0.6 is 0 Å². The van der Waals surface area contributed by atoms with Crippen molar-refractivity contribution in [2.24, 2.45) is 0 Å². The summed E-state index contributed by atoms with van der Waals surface area (Å²) >= 11 is 0. The number of carboxylic acid groups (broad SMARTS) is 1. The molecule has 1 rings (SSSR count). The number of hydrogen-bond acceptors (Lipinski definition) is 4. The van der Waals surface area contributed by atoms with E-state index in [1.54, 1.807) is 6.07 Å². The molecule has 0 spiro atoms. The van der Waals surface area contributed by atoms with Gasteiger partial charge in [-0.2, -0.15) is 0 Å². The first kappa shape index (κ1) is 15.2. The highest BCUT2D eigenvalue weighted by Gasteiger charge is 2.13. The van der Waals surface area contributed by atoms with Crippen LogP contribution in [0.4, 0.5) is 0 Å². The molecule has 0 aliphatic carbocycles. The van der Waals surface area contributed by atoms with Crippen LogP contribution in [0.25, 0.3) is 0 Å². The first-order chi connectivity index (χ1) is 9.04. The minimum absolute atomic E-state index is 0.00669. The van der Waals surface area contributed by atoms with Crippen LogP contribution in [-0.2, 0) is 4.79 Å². The van der Waals surface area contributed by atoms with E-state index in [4.69, 9.17) is 9.52 Å². The van der Waals surface area contributed by atoms with Gasteiger partial charge in [0.05, 0.1) is 6.04 Å². The van der Waals surface area contributed by atoms with Crippen molar-refractivity contribution in [3.63, 3.8) is 0 Å². The molecule has 1 atom stereocenters. The molecule has 6 nitrogen and oxygen atoms in total. The Morgan fingerprint density at radius 1 is 1.37 bits per heavy atom. The molecule has 1 amide bonds. The third kappa shape index (κ3) is 5.13. The van der Waals surface area contributed by atoms with E-state index in [2.05, 4.69) is 10.6 Å². The van der Waals surface area contributed by atoms with Crippen LogP contribution in [0.15, 0.2) is 16.5 Å². The summed E-state index contributed by atoms with van der Waals surface area (Å²) in [4.78, 5) is 22.0. The molecule has 0 saturated heterocycles. The molecule has 1 aromatic rings. The van der Waals surface area contributed by atoms with Gasteiger partial charge in [-0.1, -0.05) is 6.92 Å². The average Bonchev–Trinajstić information content (AvgIpc) is 2.86. The zero-order chi connectivity index (χ0) is 14.3. The zero-order valence-corrected chi connectivity index (χ0v) is 11.2. The van der Waals surface area contributed by atoms with Gasteiger partial charge in [0.15, 0.2) is 0 Å². The average molecular weight is 268 g/mol. The molecular weight excluding hydrogens is 248 g/mol. The number of carbonyl (C=O) groups is 2. The number of hydrogen-bond donors (Lipinski definition) is 3. The molecule has 0 fully saturated rings. The highest BCUT2D eigenvalue weighted by atomic mass is 16.4. The van der Waals surface area contributed by atoms with E-state index in [1.807, 2.05) is 13.8 Å². The normalized spacial score (nSPS) is 12.1. The Kier molecular flexibility index (Phi) is 6.08. The van der Waals surface area contributed by atoms with Gasteiger partial charge in [0, 0.05) is 19.5 Å². The maximum absolute atomic E-state index is 11.4. The number of amides is 1. The lowest BCUT2D eigenvalue weighted by Crippen LogP contribution is -2.29. The van der Waals surface area contributed by atoms with Crippen LogP contribution in [0.2, 0.25) is 0 Å². The molecule has 1 aromatic heterocycles. The van der Waals surface area contributed by atoms with Crippen molar-refractivity contribution in [2.45, 2.75) is 32.7 Å². The fraction of sp³-hybridized carbons (Fsp3) is 0.538. The van der Waals surface area contributed by atoms with Gasteiger partial charge in [-0.25, -0.2) is 4.79 Å². The van der Waals surface area contributed by atoms with Crippen molar-refractivity contribution in [3.8, 4) is 0 Å². The molecule has 1 unspecified atom stereocenters. The molecule has 0 bridgehead atoms. The molecule has 0 aromatic carbocycles. The number of carboxylic acids is 1. The number of rotatable bonds is 8. The van der Waals surface area contributed by atoms with E-state index in [9.17, 15) is 9.59 Å². The smallest absolute Gasteiger partial charge is 0.371 e. The first-order valence-corrected chi connectivity index (χ1v) is 6.37. The van der Waals surface area contributed by atoms with Gasteiger partial charge in [-0.05, 0) is 25.5 Å². The molecule has 19 heavy (non-hydrogen) atoms. The Balaban J connectivity index is 2.32. The van der Waals surface area contributed by atoms with E-state index in [1.165, 1.54) is 6.07 Å². The van der Waals surface area contributed by atoms with E-state index >= 15 is 0 Å². The zero-order valence-electron chi connectivity index (χ0n) is 11.2. The predicted octanol–water partition coefficient (Wildman–Crippen LogP) is 1.54. The van der Waals surface area contributed by atoms with Gasteiger partial charge in [-0.3, -0.25) is 4.79 Å². The topological polar surface area (TPSA) is 91.6 Å². The van der Waals surface area contributed by atoms with Gasteiger partial charge in [0.25, 0.3) is 0 Å². The lowest BCUT2D eigenvalue weighted by Gasteiger charge is -2.11. The van der Waals surface area contributed by atoms with Gasteiger partial charge in [0.2, 0.25) is 11.7 Å². The molecule has 0 saturated carbocycles. The number of carbonyl (C=O) groups excluding carboxylic acids is 1. The van der Waals surface area contributed by atoms with Crippen LogP contribution in [-0.4, -0.2) is 30.1 Å². The third-order valence-electron chi connectivity index (χ3n) is 2.64. The van der Waals surface area contributed by atoms with E-state index in [0.717, 1.165) is 6.42 Å². The van der Waals surface area contributed by atoms with Crippen LogP contribution < -0.4 is 10.6 Å². The lowest BCUT2D eigenvalue weighted by molar-refractivity contribution is -0.121. The Labute approximate surface area is 112 Å². The number of nitrogens with one attached hydrogen (secondary N) is 2. The van der Waals surface area contributed by atoms with Crippen molar-refractivity contribution in [3.05, 3.63) is 23.7 Å². The quantitative estimate of drug-likeness (QED) is 0.665. The van der Waals surface area contributed by atoms with Gasteiger partial charge in [0.1, 0.15) is 5.76 Å². The Morgan fingerprint density at radius 3 is 2.68 bits per heavy atom. The summed E-state index contributed by atoms with van der Waals surface area (Å²) < 4.78 is 5.17. The van der Waals surface area contributed by atoms with Crippen molar-refractivity contribution in [1.29, 1.82) is 0 Å². The molecule has 106 valence electrons. The Morgan fingerprint density at radius 2 is 2.11 bits per heavy atom. The summed E-state index contributed by atoms with van der Waals surface area (Å²) in [7, 11) is 0. The largest absolute Gasteiger partial charge is 0.475 e. The minimum atomic E-state index is -1.09. The van der Waals surface area contributed by atoms with Gasteiger partial charge < -0.3 is 20.2 Å². The molecule has 0 radical (unpaired) electrons. The summed E-state index contributed by atoms with van der Waals surface area (Å²) in [6.45, 7) is 5.06. The van der Waals surface area contributed by atoms with Crippen LogP contribution in [0.1, 0.15) is 49.0 Å². The molecule has 0 aliphatic heterocycles. The number of furan rings is 1. The van der Waals surface area contributed by atoms with Crippen molar-refractivity contribution >= 4 is 11.9 Å². The second kappa shape index (κ2) is 7.58. The molecular formula is C13H20N2O4. The third-order valence-corrected chi connectivity index (χ3v) is 2.64. The van der Waals surface area contributed by atoms with Crippen LogP contribution in [0.3, 0.4) is 0 Å². The van der Waals surface area contributed by atoms with Crippen LogP contribution in [0, 0.1) is 0 Å². The Hall–Kier alpha value is -1.82. The number of aromatic carboxylic acids is 1. The van der Waals surface area contributed by atoms with Gasteiger partial charge >= 0.3 is 5.97 Å². The highest BCUT2D eigenvalue weighted by molar-refractivity contribution is 5.84. The monoisotopic (exact) mass is 268 g/mol. The molecule has 1 heterocycles. The summed E-state index contributed by atoms with van der Waals surface area (Å²) in [5.41, 5.74) is 0.